The summed E-state index contributed by atoms with van der Waals surface area (Å²) >= 11 is 3.36. The van der Waals surface area contributed by atoms with Gasteiger partial charge in [-0.1, -0.05) is 60.1 Å². The summed E-state index contributed by atoms with van der Waals surface area (Å²) in [6, 6.07) is 15.3. The number of ether oxygens (including phenoxy) is 1. The summed E-state index contributed by atoms with van der Waals surface area (Å²) in [6.45, 7) is 4.11. The van der Waals surface area contributed by atoms with Gasteiger partial charge in [0.15, 0.2) is 6.61 Å². The Labute approximate surface area is 144 Å². The van der Waals surface area contributed by atoms with Crippen LogP contribution in [0.2, 0.25) is 0 Å². The Bertz CT molecular complexity index is 682. The molecule has 0 aliphatic carbocycles. The number of carbonyl (C=O) groups excluding carboxylic acids is 1. The summed E-state index contributed by atoms with van der Waals surface area (Å²) in [6.07, 6.45) is 1.59. The third-order valence-electron chi connectivity index (χ3n) is 3.17. The lowest BCUT2D eigenvalue weighted by Gasteiger charge is -2.12. The van der Waals surface area contributed by atoms with Gasteiger partial charge in [0.25, 0.3) is 5.91 Å². The van der Waals surface area contributed by atoms with Crippen molar-refractivity contribution in [1.29, 1.82) is 0 Å². The summed E-state index contributed by atoms with van der Waals surface area (Å²) in [4.78, 5) is 11.8. The maximum absolute atomic E-state index is 11.8. The maximum Gasteiger partial charge on any atom is 0.277 e. The van der Waals surface area contributed by atoms with Gasteiger partial charge < -0.3 is 4.74 Å². The highest BCUT2D eigenvalue weighted by Crippen LogP contribution is 2.25. The summed E-state index contributed by atoms with van der Waals surface area (Å²) in [5, 5.41) is 3.92. The van der Waals surface area contributed by atoms with E-state index in [0.717, 1.165) is 21.3 Å². The number of rotatable bonds is 6. The van der Waals surface area contributed by atoms with Gasteiger partial charge in [0.1, 0.15) is 5.75 Å². The van der Waals surface area contributed by atoms with E-state index in [1.807, 2.05) is 48.5 Å². The van der Waals surface area contributed by atoms with E-state index in [9.17, 15) is 4.79 Å². The van der Waals surface area contributed by atoms with E-state index in [2.05, 4.69) is 40.3 Å². The predicted octanol–water partition coefficient (Wildman–Crippen LogP) is 4.10. The molecule has 0 heterocycles. The van der Waals surface area contributed by atoms with Gasteiger partial charge in [0.05, 0.1) is 6.21 Å². The van der Waals surface area contributed by atoms with Crippen molar-refractivity contribution >= 4 is 28.1 Å². The lowest BCUT2D eigenvalue weighted by atomic mass is 10.0. The van der Waals surface area contributed by atoms with E-state index in [4.69, 9.17) is 4.74 Å². The van der Waals surface area contributed by atoms with Crippen LogP contribution in [0, 0.1) is 0 Å². The highest BCUT2D eigenvalue weighted by atomic mass is 79.9. The molecule has 2 rings (SSSR count). The molecule has 0 aliphatic rings. The minimum Gasteiger partial charge on any atom is -0.483 e. The number of nitrogens with zero attached hydrogens (tertiary/aromatic N) is 1. The first-order valence-electron chi connectivity index (χ1n) is 7.35. The number of hydrogen-bond donors (Lipinski definition) is 1. The third-order valence-corrected chi connectivity index (χ3v) is 3.70. The number of amides is 1. The number of benzene rings is 2. The topological polar surface area (TPSA) is 50.7 Å². The van der Waals surface area contributed by atoms with E-state index >= 15 is 0 Å². The monoisotopic (exact) mass is 374 g/mol. The van der Waals surface area contributed by atoms with Gasteiger partial charge in [-0.3, -0.25) is 4.79 Å². The molecule has 1 amide bonds. The molecule has 0 bridgehead atoms. The number of hydrazone groups is 1. The van der Waals surface area contributed by atoms with Crippen LogP contribution in [-0.2, 0) is 4.79 Å². The zero-order chi connectivity index (χ0) is 16.7. The normalized spacial score (nSPS) is 11.0. The van der Waals surface area contributed by atoms with Gasteiger partial charge in [0.2, 0.25) is 0 Å². The molecule has 2 aromatic rings. The van der Waals surface area contributed by atoms with Crippen LogP contribution in [0.4, 0.5) is 0 Å². The van der Waals surface area contributed by atoms with Crippen molar-refractivity contribution in [3.8, 4) is 5.75 Å². The Morgan fingerprint density at radius 1 is 1.22 bits per heavy atom. The Hall–Kier alpha value is -2.14. The van der Waals surface area contributed by atoms with Gasteiger partial charge in [-0.25, -0.2) is 5.43 Å². The van der Waals surface area contributed by atoms with Crippen LogP contribution in [0.25, 0.3) is 0 Å². The van der Waals surface area contributed by atoms with Crippen molar-refractivity contribution in [2.75, 3.05) is 6.61 Å². The molecule has 0 aromatic heterocycles. The van der Waals surface area contributed by atoms with Crippen molar-refractivity contribution in [2.45, 2.75) is 19.8 Å². The second-order valence-corrected chi connectivity index (χ2v) is 6.24. The molecule has 0 atom stereocenters. The fourth-order valence-electron chi connectivity index (χ4n) is 1.99. The maximum atomic E-state index is 11.8. The third kappa shape index (κ3) is 5.53. The molecular formula is C18H19BrN2O2. The molecule has 0 unspecified atom stereocenters. The van der Waals surface area contributed by atoms with E-state index < -0.39 is 0 Å². The lowest BCUT2D eigenvalue weighted by Crippen LogP contribution is -2.24. The van der Waals surface area contributed by atoms with Crippen LogP contribution in [0.15, 0.2) is 58.1 Å². The van der Waals surface area contributed by atoms with E-state index in [1.54, 1.807) is 6.21 Å². The van der Waals surface area contributed by atoms with Crippen LogP contribution in [-0.4, -0.2) is 18.7 Å². The molecule has 0 radical (unpaired) electrons. The van der Waals surface area contributed by atoms with Crippen LogP contribution in [0.3, 0.4) is 0 Å². The highest BCUT2D eigenvalue weighted by Gasteiger charge is 2.08. The van der Waals surface area contributed by atoms with Crippen molar-refractivity contribution in [3.63, 3.8) is 0 Å². The largest absolute Gasteiger partial charge is 0.483 e. The van der Waals surface area contributed by atoms with Crippen molar-refractivity contribution in [1.82, 2.24) is 5.43 Å². The second-order valence-electron chi connectivity index (χ2n) is 5.33. The van der Waals surface area contributed by atoms with Gasteiger partial charge in [-0.05, 0) is 35.2 Å². The summed E-state index contributed by atoms with van der Waals surface area (Å²) in [5.74, 6) is 0.774. The Morgan fingerprint density at radius 2 is 1.91 bits per heavy atom. The summed E-state index contributed by atoms with van der Waals surface area (Å²) < 4.78 is 6.58. The fourth-order valence-corrected chi connectivity index (χ4v) is 2.26. The fraction of sp³-hybridized carbons (Fsp3) is 0.222. The van der Waals surface area contributed by atoms with E-state index in [0.29, 0.717) is 5.92 Å². The van der Waals surface area contributed by atoms with Gasteiger partial charge >= 0.3 is 0 Å². The predicted molar refractivity (Wildman–Crippen MR) is 95.9 cm³/mol. The summed E-state index contributed by atoms with van der Waals surface area (Å²) in [7, 11) is 0. The van der Waals surface area contributed by atoms with Crippen molar-refractivity contribution in [2.24, 2.45) is 5.10 Å². The van der Waals surface area contributed by atoms with Crippen LogP contribution >= 0.6 is 15.9 Å². The number of hydrogen-bond acceptors (Lipinski definition) is 3. The SMILES string of the molecule is CC(C)c1ccccc1OCC(=O)NN=Cc1ccc(Br)cc1. The molecule has 5 heteroatoms. The van der Waals surface area contributed by atoms with Crippen LogP contribution < -0.4 is 10.2 Å². The van der Waals surface area contributed by atoms with Crippen LogP contribution in [0.5, 0.6) is 5.75 Å². The quantitative estimate of drug-likeness (QED) is 0.611. The zero-order valence-corrected chi connectivity index (χ0v) is 14.7. The van der Waals surface area contributed by atoms with Gasteiger partial charge in [-0.15, -0.1) is 0 Å². The van der Waals surface area contributed by atoms with E-state index in [1.165, 1.54) is 0 Å². The lowest BCUT2D eigenvalue weighted by molar-refractivity contribution is -0.123. The van der Waals surface area contributed by atoms with Gasteiger partial charge in [0, 0.05) is 4.47 Å². The molecule has 2 aromatic carbocycles. The molecule has 4 nitrogen and oxygen atoms in total. The second kappa shape index (κ2) is 8.48. The van der Waals surface area contributed by atoms with Crippen LogP contribution in [0.1, 0.15) is 30.9 Å². The Balaban J connectivity index is 1.85. The summed E-state index contributed by atoms with van der Waals surface area (Å²) in [5.41, 5.74) is 4.44. The Morgan fingerprint density at radius 3 is 2.61 bits per heavy atom. The van der Waals surface area contributed by atoms with Crippen molar-refractivity contribution in [3.05, 3.63) is 64.1 Å². The van der Waals surface area contributed by atoms with Gasteiger partial charge in [-0.2, -0.15) is 5.10 Å². The molecule has 0 aliphatic heterocycles. The number of nitrogens with one attached hydrogen (secondary N) is 1. The van der Waals surface area contributed by atoms with Crippen molar-refractivity contribution < 1.29 is 9.53 Å². The molecule has 0 fully saturated rings. The minimum atomic E-state index is -0.295. The Kier molecular flexibility index (Phi) is 6.35. The molecule has 0 saturated heterocycles. The number of carbonyl (C=O) groups is 1. The molecular weight excluding hydrogens is 356 g/mol. The van der Waals surface area contributed by atoms with E-state index in [-0.39, 0.29) is 12.5 Å². The smallest absolute Gasteiger partial charge is 0.277 e. The minimum absolute atomic E-state index is 0.0680. The molecule has 0 spiro atoms. The zero-order valence-electron chi connectivity index (χ0n) is 13.1. The standard InChI is InChI=1S/C18H19BrN2O2/c1-13(2)16-5-3-4-6-17(16)23-12-18(22)21-20-11-14-7-9-15(19)10-8-14/h3-11,13H,12H2,1-2H3,(H,21,22). The number of para-hydroxylation sites is 1. The molecule has 0 saturated carbocycles. The molecule has 120 valence electrons. The number of halogens is 1. The molecule has 23 heavy (non-hydrogen) atoms. The first-order chi connectivity index (χ1) is 11.1. The molecule has 1 N–H and O–H groups in total. The average Bonchev–Trinajstić information content (AvgIpc) is 2.55. The first-order valence-corrected chi connectivity index (χ1v) is 8.15. The average molecular weight is 375 g/mol. The first kappa shape index (κ1) is 17.2. The highest BCUT2D eigenvalue weighted by molar-refractivity contribution is 9.10.